The Balaban J connectivity index is 2.48. The Bertz CT molecular complexity index is 537. The van der Waals surface area contributed by atoms with Crippen LogP contribution in [0.15, 0.2) is 41.1 Å². The van der Waals surface area contributed by atoms with Gasteiger partial charge < -0.3 is 5.32 Å². The molecule has 2 aromatic rings. The lowest BCUT2D eigenvalue weighted by molar-refractivity contribution is 0.614. The fraction of sp³-hybridized carbons (Fsp3) is 0.214. The van der Waals surface area contributed by atoms with Gasteiger partial charge in [-0.05, 0) is 54.9 Å². The molecule has 0 aliphatic carbocycles. The van der Waals surface area contributed by atoms with E-state index in [2.05, 4.69) is 26.2 Å². The molecule has 0 bridgehead atoms. The molecule has 0 aliphatic rings. The summed E-state index contributed by atoms with van der Waals surface area (Å²) in [7, 11) is 1.86. The molecule has 1 heterocycles. The van der Waals surface area contributed by atoms with Crippen molar-refractivity contribution in [3.05, 3.63) is 63.6 Å². The molecule has 18 heavy (non-hydrogen) atoms. The highest BCUT2D eigenvalue weighted by atomic mass is 79.9. The van der Waals surface area contributed by atoms with Crippen LogP contribution in [0.2, 0.25) is 0 Å². The summed E-state index contributed by atoms with van der Waals surface area (Å²) in [6, 6.07) is 6.79. The second-order valence-electron chi connectivity index (χ2n) is 4.16. The van der Waals surface area contributed by atoms with Gasteiger partial charge in [0.05, 0.1) is 6.04 Å². The van der Waals surface area contributed by atoms with Crippen LogP contribution in [0.1, 0.15) is 22.7 Å². The zero-order valence-electron chi connectivity index (χ0n) is 10.2. The minimum atomic E-state index is -0.249. The molecule has 0 saturated carbocycles. The third-order valence-electron chi connectivity index (χ3n) is 2.90. The Kier molecular flexibility index (Phi) is 4.09. The first-order valence-corrected chi connectivity index (χ1v) is 6.45. The Labute approximate surface area is 114 Å². The van der Waals surface area contributed by atoms with E-state index in [1.807, 2.05) is 32.3 Å². The lowest BCUT2D eigenvalue weighted by Crippen LogP contribution is -2.19. The summed E-state index contributed by atoms with van der Waals surface area (Å²) < 4.78 is 14.2. The van der Waals surface area contributed by atoms with Crippen molar-refractivity contribution in [2.45, 2.75) is 13.0 Å². The predicted molar refractivity (Wildman–Crippen MR) is 74.0 cm³/mol. The predicted octanol–water partition coefficient (Wildman–Crippen LogP) is 3.60. The maximum atomic E-state index is 13.5. The van der Waals surface area contributed by atoms with E-state index in [0.29, 0.717) is 0 Å². The van der Waals surface area contributed by atoms with Crippen LogP contribution in [0, 0.1) is 12.7 Å². The second kappa shape index (κ2) is 5.59. The van der Waals surface area contributed by atoms with Gasteiger partial charge in [0.1, 0.15) is 5.82 Å². The maximum Gasteiger partial charge on any atom is 0.124 e. The first-order chi connectivity index (χ1) is 8.61. The van der Waals surface area contributed by atoms with Crippen molar-refractivity contribution in [3.63, 3.8) is 0 Å². The van der Waals surface area contributed by atoms with Gasteiger partial charge in [0.2, 0.25) is 0 Å². The van der Waals surface area contributed by atoms with Crippen molar-refractivity contribution in [1.82, 2.24) is 10.3 Å². The highest BCUT2D eigenvalue weighted by molar-refractivity contribution is 9.10. The molecule has 0 radical (unpaired) electrons. The number of rotatable bonds is 3. The molecular weight excluding hydrogens is 295 g/mol. The number of benzene rings is 1. The van der Waals surface area contributed by atoms with Gasteiger partial charge in [-0.25, -0.2) is 4.39 Å². The van der Waals surface area contributed by atoms with Gasteiger partial charge in [-0.3, -0.25) is 4.98 Å². The Morgan fingerprint density at radius 3 is 2.72 bits per heavy atom. The molecule has 1 aromatic heterocycles. The molecule has 2 nitrogen and oxygen atoms in total. The summed E-state index contributed by atoms with van der Waals surface area (Å²) in [5, 5.41) is 3.20. The first kappa shape index (κ1) is 13.2. The van der Waals surface area contributed by atoms with Crippen LogP contribution in [0.4, 0.5) is 4.39 Å². The molecule has 2 rings (SSSR count). The van der Waals surface area contributed by atoms with E-state index in [0.717, 1.165) is 21.2 Å². The number of pyridine rings is 1. The molecule has 1 atom stereocenters. The van der Waals surface area contributed by atoms with Gasteiger partial charge in [0.25, 0.3) is 0 Å². The average Bonchev–Trinajstić information content (AvgIpc) is 2.31. The molecule has 94 valence electrons. The maximum absolute atomic E-state index is 13.5. The number of hydrogen-bond acceptors (Lipinski definition) is 2. The number of aromatic nitrogens is 1. The second-order valence-corrected chi connectivity index (χ2v) is 5.07. The topological polar surface area (TPSA) is 24.9 Å². The van der Waals surface area contributed by atoms with Crippen LogP contribution in [-0.2, 0) is 0 Å². The van der Waals surface area contributed by atoms with E-state index < -0.39 is 0 Å². The van der Waals surface area contributed by atoms with Gasteiger partial charge in [-0.1, -0.05) is 15.9 Å². The minimum absolute atomic E-state index is 0.0642. The van der Waals surface area contributed by atoms with E-state index >= 15 is 0 Å². The lowest BCUT2D eigenvalue weighted by Gasteiger charge is -2.19. The van der Waals surface area contributed by atoms with Crippen LogP contribution in [-0.4, -0.2) is 12.0 Å². The smallest absolute Gasteiger partial charge is 0.124 e. The minimum Gasteiger partial charge on any atom is -0.309 e. The molecule has 0 saturated heterocycles. The van der Waals surface area contributed by atoms with Crippen LogP contribution in [0.3, 0.4) is 0 Å². The van der Waals surface area contributed by atoms with E-state index in [1.54, 1.807) is 12.3 Å². The van der Waals surface area contributed by atoms with Crippen LogP contribution in [0.25, 0.3) is 0 Å². The number of nitrogens with zero attached hydrogens (tertiary/aromatic N) is 1. The molecule has 0 amide bonds. The van der Waals surface area contributed by atoms with Crippen molar-refractivity contribution in [1.29, 1.82) is 0 Å². The van der Waals surface area contributed by atoms with Crippen molar-refractivity contribution in [2.75, 3.05) is 7.05 Å². The fourth-order valence-corrected chi connectivity index (χ4v) is 2.51. The summed E-state index contributed by atoms with van der Waals surface area (Å²) in [6.07, 6.45) is 3.57. The van der Waals surface area contributed by atoms with E-state index in [1.165, 1.54) is 6.07 Å². The van der Waals surface area contributed by atoms with Crippen LogP contribution >= 0.6 is 15.9 Å². The number of nitrogens with one attached hydrogen (secondary N) is 1. The van der Waals surface area contributed by atoms with Crippen molar-refractivity contribution in [2.24, 2.45) is 0 Å². The Hall–Kier alpha value is -1.26. The van der Waals surface area contributed by atoms with Gasteiger partial charge >= 0.3 is 0 Å². The summed E-state index contributed by atoms with van der Waals surface area (Å²) in [5.74, 6) is -0.249. The molecule has 1 aromatic carbocycles. The van der Waals surface area contributed by atoms with Gasteiger partial charge in [-0.2, -0.15) is 0 Å². The standard InChI is InChI=1S/C14H14BrFN2/c1-9-3-4-18-8-13(9)14(17-2)10-5-11(15)7-12(16)6-10/h3-8,14,17H,1-2H3. The third kappa shape index (κ3) is 2.76. The molecular formula is C14H14BrFN2. The molecule has 4 heteroatoms. The quantitative estimate of drug-likeness (QED) is 0.937. The zero-order valence-corrected chi connectivity index (χ0v) is 11.8. The van der Waals surface area contributed by atoms with Crippen LogP contribution < -0.4 is 5.32 Å². The van der Waals surface area contributed by atoms with E-state index in [-0.39, 0.29) is 11.9 Å². The van der Waals surface area contributed by atoms with Gasteiger partial charge in [-0.15, -0.1) is 0 Å². The molecule has 0 aliphatic heterocycles. The largest absolute Gasteiger partial charge is 0.309 e. The van der Waals surface area contributed by atoms with Crippen molar-refractivity contribution in [3.8, 4) is 0 Å². The van der Waals surface area contributed by atoms with Gasteiger partial charge in [0.15, 0.2) is 0 Å². The van der Waals surface area contributed by atoms with Crippen molar-refractivity contribution >= 4 is 15.9 Å². The first-order valence-electron chi connectivity index (χ1n) is 5.65. The van der Waals surface area contributed by atoms with Crippen LogP contribution in [0.5, 0.6) is 0 Å². The molecule has 0 spiro atoms. The average molecular weight is 309 g/mol. The molecule has 1 unspecified atom stereocenters. The number of aryl methyl sites for hydroxylation is 1. The fourth-order valence-electron chi connectivity index (χ4n) is 2.02. The Morgan fingerprint density at radius 2 is 2.11 bits per heavy atom. The van der Waals surface area contributed by atoms with E-state index in [9.17, 15) is 4.39 Å². The van der Waals surface area contributed by atoms with Gasteiger partial charge in [0, 0.05) is 16.9 Å². The lowest BCUT2D eigenvalue weighted by atomic mass is 9.97. The normalized spacial score (nSPS) is 12.4. The Morgan fingerprint density at radius 1 is 1.33 bits per heavy atom. The summed E-state index contributed by atoms with van der Waals surface area (Å²) in [6.45, 7) is 2.02. The molecule has 0 fully saturated rings. The number of hydrogen-bond donors (Lipinski definition) is 1. The third-order valence-corrected chi connectivity index (χ3v) is 3.36. The molecule has 1 N–H and O–H groups in total. The number of halogens is 2. The summed E-state index contributed by atoms with van der Waals surface area (Å²) in [5.41, 5.74) is 3.06. The van der Waals surface area contributed by atoms with Crippen molar-refractivity contribution < 1.29 is 4.39 Å². The monoisotopic (exact) mass is 308 g/mol. The van der Waals surface area contributed by atoms with E-state index in [4.69, 9.17) is 0 Å². The summed E-state index contributed by atoms with van der Waals surface area (Å²) >= 11 is 3.32. The SMILES string of the molecule is CNC(c1cc(F)cc(Br)c1)c1cnccc1C. The highest BCUT2D eigenvalue weighted by Crippen LogP contribution is 2.26. The zero-order chi connectivity index (χ0) is 13.1. The highest BCUT2D eigenvalue weighted by Gasteiger charge is 2.15. The summed E-state index contributed by atoms with van der Waals surface area (Å²) in [4.78, 5) is 4.14.